The first-order valence-electron chi connectivity index (χ1n) is 10.2. The van der Waals surface area contributed by atoms with E-state index in [1.165, 1.54) is 17.3 Å². The van der Waals surface area contributed by atoms with E-state index < -0.39 is 0 Å². The van der Waals surface area contributed by atoms with E-state index in [9.17, 15) is 4.79 Å². The zero-order chi connectivity index (χ0) is 20.3. The number of nitrogens with one attached hydrogen (secondary N) is 2. The Morgan fingerprint density at radius 2 is 1.90 bits per heavy atom. The van der Waals surface area contributed by atoms with Crippen LogP contribution >= 0.6 is 11.8 Å². The van der Waals surface area contributed by atoms with Crippen molar-refractivity contribution in [1.82, 2.24) is 25.1 Å². The van der Waals surface area contributed by atoms with Crippen LogP contribution in [0.5, 0.6) is 0 Å². The van der Waals surface area contributed by atoms with Gasteiger partial charge < -0.3 is 10.3 Å². The Balaban J connectivity index is 1.26. The first-order valence-corrected chi connectivity index (χ1v) is 11.2. The maximum atomic E-state index is 12.3. The van der Waals surface area contributed by atoms with E-state index in [4.69, 9.17) is 0 Å². The molecular weight excluding hydrogens is 394 g/mol. The molecule has 1 aliphatic carbocycles. The Morgan fingerprint density at radius 3 is 2.73 bits per heavy atom. The lowest BCUT2D eigenvalue weighted by atomic mass is 10.1. The molecule has 0 bridgehead atoms. The predicted molar refractivity (Wildman–Crippen MR) is 119 cm³/mol. The van der Waals surface area contributed by atoms with Gasteiger partial charge in [-0.25, -0.2) is 0 Å². The summed E-state index contributed by atoms with van der Waals surface area (Å²) in [6, 6.07) is 18.8. The second-order valence-electron chi connectivity index (χ2n) is 7.53. The highest BCUT2D eigenvalue weighted by Gasteiger charge is 2.31. The third kappa shape index (κ3) is 3.98. The number of carbonyl (C=O) groups excluding carboxylic acids is 1. The van der Waals surface area contributed by atoms with Crippen LogP contribution in [0.1, 0.15) is 24.4 Å². The highest BCUT2D eigenvalue weighted by molar-refractivity contribution is 7.99. The van der Waals surface area contributed by atoms with Gasteiger partial charge in [-0.05, 0) is 30.9 Å². The van der Waals surface area contributed by atoms with E-state index >= 15 is 0 Å². The first-order chi connectivity index (χ1) is 14.8. The van der Waals surface area contributed by atoms with Gasteiger partial charge in [0.25, 0.3) is 0 Å². The SMILES string of the molecule is O=C(CSc1nnc(-c2c[nH]c3ccccc23)n1C1CC1)NCCc1ccccc1. The second-order valence-corrected chi connectivity index (χ2v) is 8.47. The van der Waals surface area contributed by atoms with Crippen LogP contribution in [-0.2, 0) is 11.2 Å². The molecule has 0 spiro atoms. The van der Waals surface area contributed by atoms with Crippen LogP contribution in [0.3, 0.4) is 0 Å². The van der Waals surface area contributed by atoms with E-state index in [0.29, 0.717) is 18.3 Å². The van der Waals surface area contributed by atoms with Crippen LogP contribution in [0.25, 0.3) is 22.3 Å². The standard InChI is InChI=1S/C23H23N5OS/c29-21(24-13-12-16-6-2-1-3-7-16)15-30-23-27-26-22(28(23)17-10-11-17)19-14-25-20-9-5-4-8-18(19)20/h1-9,14,17,25H,10-13,15H2,(H,24,29). The average molecular weight is 418 g/mol. The highest BCUT2D eigenvalue weighted by Crippen LogP contribution is 2.42. The van der Waals surface area contributed by atoms with E-state index in [1.807, 2.05) is 36.5 Å². The van der Waals surface area contributed by atoms with E-state index in [-0.39, 0.29) is 5.91 Å². The molecule has 4 aromatic rings. The summed E-state index contributed by atoms with van der Waals surface area (Å²) in [7, 11) is 0. The molecule has 2 N–H and O–H groups in total. The number of benzene rings is 2. The summed E-state index contributed by atoms with van der Waals surface area (Å²) in [4.78, 5) is 15.6. The molecule has 0 radical (unpaired) electrons. The van der Waals surface area contributed by atoms with Crippen LogP contribution in [0, 0.1) is 0 Å². The molecule has 1 amide bonds. The molecule has 152 valence electrons. The van der Waals surface area contributed by atoms with Crippen LogP contribution in [0.2, 0.25) is 0 Å². The average Bonchev–Trinajstić information content (AvgIpc) is 3.39. The van der Waals surface area contributed by atoms with Crippen molar-refractivity contribution in [2.75, 3.05) is 12.3 Å². The number of rotatable bonds is 8. The lowest BCUT2D eigenvalue weighted by Gasteiger charge is -2.09. The minimum absolute atomic E-state index is 0.0231. The Morgan fingerprint density at radius 1 is 1.10 bits per heavy atom. The molecule has 2 aromatic heterocycles. The molecule has 0 atom stereocenters. The minimum atomic E-state index is 0.0231. The lowest BCUT2D eigenvalue weighted by molar-refractivity contribution is -0.118. The molecule has 6 nitrogen and oxygen atoms in total. The van der Waals surface area contributed by atoms with Gasteiger partial charge in [0.2, 0.25) is 5.91 Å². The summed E-state index contributed by atoms with van der Waals surface area (Å²) < 4.78 is 2.21. The Bertz CT molecular complexity index is 1160. The summed E-state index contributed by atoms with van der Waals surface area (Å²) in [5, 5.41) is 13.9. The number of amides is 1. The monoisotopic (exact) mass is 417 g/mol. The summed E-state index contributed by atoms with van der Waals surface area (Å²) in [6.45, 7) is 0.638. The van der Waals surface area contributed by atoms with Crippen LogP contribution in [0.15, 0.2) is 66.0 Å². The highest BCUT2D eigenvalue weighted by atomic mass is 32.2. The molecule has 30 heavy (non-hydrogen) atoms. The number of hydrogen-bond acceptors (Lipinski definition) is 4. The fourth-order valence-corrected chi connectivity index (χ4v) is 4.49. The Hall–Kier alpha value is -3.06. The molecule has 1 fully saturated rings. The normalized spacial score (nSPS) is 13.6. The maximum Gasteiger partial charge on any atom is 0.230 e. The van der Waals surface area contributed by atoms with Gasteiger partial charge in [0.15, 0.2) is 11.0 Å². The Labute approximate surface area is 179 Å². The largest absolute Gasteiger partial charge is 0.360 e. The number of thioether (sulfide) groups is 1. The lowest BCUT2D eigenvalue weighted by Crippen LogP contribution is -2.27. The van der Waals surface area contributed by atoms with E-state index in [2.05, 4.69) is 49.3 Å². The van der Waals surface area contributed by atoms with Crippen molar-refractivity contribution >= 4 is 28.6 Å². The van der Waals surface area contributed by atoms with Crippen molar-refractivity contribution in [3.63, 3.8) is 0 Å². The zero-order valence-electron chi connectivity index (χ0n) is 16.5. The third-order valence-electron chi connectivity index (χ3n) is 5.32. The Kier molecular flexibility index (Phi) is 5.27. The van der Waals surface area contributed by atoms with Gasteiger partial charge in [-0.1, -0.05) is 60.3 Å². The molecule has 0 saturated heterocycles. The predicted octanol–water partition coefficient (Wildman–Crippen LogP) is 4.21. The molecule has 1 aliphatic rings. The fourth-order valence-electron chi connectivity index (χ4n) is 3.65. The topological polar surface area (TPSA) is 75.6 Å². The number of para-hydroxylation sites is 1. The van der Waals surface area contributed by atoms with Crippen molar-refractivity contribution in [1.29, 1.82) is 0 Å². The van der Waals surface area contributed by atoms with Crippen molar-refractivity contribution in [3.8, 4) is 11.4 Å². The van der Waals surface area contributed by atoms with Gasteiger partial charge in [-0.3, -0.25) is 9.36 Å². The fraction of sp³-hybridized carbons (Fsp3) is 0.261. The molecule has 0 unspecified atom stereocenters. The number of nitrogens with zero attached hydrogens (tertiary/aromatic N) is 3. The van der Waals surface area contributed by atoms with Crippen LogP contribution in [0.4, 0.5) is 0 Å². The number of hydrogen-bond donors (Lipinski definition) is 2. The zero-order valence-corrected chi connectivity index (χ0v) is 17.4. The minimum Gasteiger partial charge on any atom is -0.360 e. The third-order valence-corrected chi connectivity index (χ3v) is 6.26. The maximum absolute atomic E-state index is 12.3. The molecule has 0 aliphatic heterocycles. The molecule has 2 aromatic carbocycles. The summed E-state index contributed by atoms with van der Waals surface area (Å²) >= 11 is 1.46. The van der Waals surface area contributed by atoms with Crippen LogP contribution < -0.4 is 5.32 Å². The van der Waals surface area contributed by atoms with Crippen LogP contribution in [-0.4, -0.2) is 38.0 Å². The first kappa shape index (κ1) is 18.9. The van der Waals surface area contributed by atoms with Crippen molar-refractivity contribution < 1.29 is 4.79 Å². The van der Waals surface area contributed by atoms with Gasteiger partial charge in [0, 0.05) is 35.2 Å². The quantitative estimate of drug-likeness (QED) is 0.421. The van der Waals surface area contributed by atoms with Crippen molar-refractivity contribution in [3.05, 3.63) is 66.4 Å². The molecular formula is C23H23N5OS. The summed E-state index contributed by atoms with van der Waals surface area (Å²) in [5.74, 6) is 1.24. The number of aromatic amines is 1. The second kappa shape index (κ2) is 8.36. The molecule has 1 saturated carbocycles. The summed E-state index contributed by atoms with van der Waals surface area (Å²) in [6.07, 6.45) is 5.09. The number of fused-ring (bicyclic) bond motifs is 1. The van der Waals surface area contributed by atoms with Crippen molar-refractivity contribution in [2.24, 2.45) is 0 Å². The van der Waals surface area contributed by atoms with Gasteiger partial charge in [0.1, 0.15) is 0 Å². The van der Waals surface area contributed by atoms with Crippen molar-refractivity contribution in [2.45, 2.75) is 30.5 Å². The van der Waals surface area contributed by atoms with Gasteiger partial charge in [-0.15, -0.1) is 10.2 Å². The number of aromatic nitrogens is 4. The van der Waals surface area contributed by atoms with Gasteiger partial charge in [-0.2, -0.15) is 0 Å². The van der Waals surface area contributed by atoms with Gasteiger partial charge >= 0.3 is 0 Å². The summed E-state index contributed by atoms with van der Waals surface area (Å²) in [5.41, 5.74) is 3.37. The molecule has 5 rings (SSSR count). The number of H-pyrrole nitrogens is 1. The van der Waals surface area contributed by atoms with E-state index in [0.717, 1.165) is 46.7 Å². The molecule has 7 heteroatoms. The molecule has 2 heterocycles. The smallest absolute Gasteiger partial charge is 0.230 e. The van der Waals surface area contributed by atoms with Gasteiger partial charge in [0.05, 0.1) is 5.75 Å². The number of carbonyl (C=O) groups is 1. The van der Waals surface area contributed by atoms with E-state index in [1.54, 1.807) is 0 Å².